The summed E-state index contributed by atoms with van der Waals surface area (Å²) in [5.41, 5.74) is 4.69. The number of ether oxygens (including phenoxy) is 1. The molecule has 5 rings (SSSR count). The average molecular weight is 385 g/mol. The van der Waals surface area contributed by atoms with Gasteiger partial charge in [0.25, 0.3) is 0 Å². The van der Waals surface area contributed by atoms with Crippen LogP contribution in [0.4, 0.5) is 4.39 Å². The number of aromatic amines is 1. The molecule has 0 radical (unpaired) electrons. The predicted octanol–water partition coefficient (Wildman–Crippen LogP) is 5.17. The molecule has 0 bridgehead atoms. The van der Waals surface area contributed by atoms with Gasteiger partial charge in [0.2, 0.25) is 0 Å². The van der Waals surface area contributed by atoms with Crippen LogP contribution in [0, 0.1) is 5.82 Å². The summed E-state index contributed by atoms with van der Waals surface area (Å²) in [6, 6.07) is 7.32. The second kappa shape index (κ2) is 6.16. The molecule has 2 aliphatic rings. The van der Waals surface area contributed by atoms with Gasteiger partial charge in [-0.2, -0.15) is 11.3 Å². The number of hydrogen-bond donors (Lipinski definition) is 1. The molecular formula is C22H25FN2OS. The van der Waals surface area contributed by atoms with Crippen molar-refractivity contribution in [1.82, 2.24) is 9.88 Å². The van der Waals surface area contributed by atoms with Crippen LogP contribution in [0.15, 0.2) is 35.0 Å². The zero-order chi connectivity index (χ0) is 18.6. The molecule has 142 valence electrons. The summed E-state index contributed by atoms with van der Waals surface area (Å²) < 4.78 is 20.3. The Kier molecular flexibility index (Phi) is 3.97. The number of benzene rings is 1. The van der Waals surface area contributed by atoms with E-state index in [0.717, 1.165) is 43.0 Å². The van der Waals surface area contributed by atoms with Crippen LogP contribution in [-0.2, 0) is 22.3 Å². The van der Waals surface area contributed by atoms with Crippen molar-refractivity contribution in [1.29, 1.82) is 0 Å². The molecule has 27 heavy (non-hydrogen) atoms. The molecule has 1 fully saturated rings. The van der Waals surface area contributed by atoms with Crippen LogP contribution in [0.3, 0.4) is 0 Å². The molecule has 3 heterocycles. The third-order valence-corrected chi connectivity index (χ3v) is 7.54. The lowest BCUT2D eigenvalue weighted by molar-refractivity contribution is -0.113. The molecule has 1 saturated carbocycles. The van der Waals surface area contributed by atoms with E-state index in [9.17, 15) is 4.39 Å². The lowest BCUT2D eigenvalue weighted by Crippen LogP contribution is -2.49. The Morgan fingerprint density at radius 2 is 1.96 bits per heavy atom. The van der Waals surface area contributed by atoms with E-state index < -0.39 is 0 Å². The smallest absolute Gasteiger partial charge is 0.123 e. The first kappa shape index (κ1) is 17.4. The first-order chi connectivity index (χ1) is 13.0. The molecule has 1 aliphatic heterocycles. The third kappa shape index (κ3) is 2.52. The summed E-state index contributed by atoms with van der Waals surface area (Å²) >= 11 is 1.77. The van der Waals surface area contributed by atoms with Crippen molar-refractivity contribution in [3.63, 3.8) is 0 Å². The number of nitrogens with zero attached hydrogens (tertiary/aromatic N) is 1. The standard InChI is InChI=1S/C22H25FN2OS/c1-25(2)21(15-6-12-27-14-15)7-9-22(10-8-21)20-17(5-11-26-22)18-13-16(23)3-4-19(18)24-20/h3-4,6,12-14,24H,5,7-11H2,1-2H3. The van der Waals surface area contributed by atoms with Crippen LogP contribution in [0.25, 0.3) is 10.9 Å². The van der Waals surface area contributed by atoms with Gasteiger partial charge in [-0.15, -0.1) is 0 Å². The molecule has 0 amide bonds. The zero-order valence-electron chi connectivity index (χ0n) is 15.8. The molecule has 2 aromatic heterocycles. The van der Waals surface area contributed by atoms with Crippen molar-refractivity contribution in [3.8, 4) is 0 Å². The molecule has 3 aromatic rings. The second-order valence-electron chi connectivity index (χ2n) is 8.20. The Labute approximate surface area is 163 Å². The lowest BCUT2D eigenvalue weighted by atomic mass is 9.68. The van der Waals surface area contributed by atoms with Crippen LogP contribution in [0.2, 0.25) is 0 Å². The van der Waals surface area contributed by atoms with Gasteiger partial charge in [-0.05, 0) is 92.4 Å². The maximum Gasteiger partial charge on any atom is 0.123 e. The number of thiophene rings is 1. The summed E-state index contributed by atoms with van der Waals surface area (Å²) in [5.74, 6) is -0.169. The van der Waals surface area contributed by atoms with E-state index in [1.807, 2.05) is 6.07 Å². The number of fused-ring (bicyclic) bond motifs is 4. The normalized spacial score (nSPS) is 28.1. The number of rotatable bonds is 2. The van der Waals surface area contributed by atoms with E-state index in [0.29, 0.717) is 6.61 Å². The minimum atomic E-state index is -0.265. The fourth-order valence-electron chi connectivity index (χ4n) is 5.27. The molecule has 0 unspecified atom stereocenters. The van der Waals surface area contributed by atoms with Crippen molar-refractivity contribution in [2.45, 2.75) is 43.2 Å². The lowest BCUT2D eigenvalue weighted by Gasteiger charge is -2.50. The van der Waals surface area contributed by atoms with Gasteiger partial charge in [0.1, 0.15) is 11.4 Å². The van der Waals surface area contributed by atoms with Gasteiger partial charge in [-0.25, -0.2) is 4.39 Å². The minimum Gasteiger partial charge on any atom is -0.368 e. The van der Waals surface area contributed by atoms with E-state index in [1.54, 1.807) is 17.4 Å². The number of hydrogen-bond acceptors (Lipinski definition) is 3. The van der Waals surface area contributed by atoms with Gasteiger partial charge >= 0.3 is 0 Å². The Bertz CT molecular complexity index is 968. The largest absolute Gasteiger partial charge is 0.368 e. The highest BCUT2D eigenvalue weighted by molar-refractivity contribution is 7.08. The molecule has 0 atom stereocenters. The van der Waals surface area contributed by atoms with Crippen LogP contribution in [-0.4, -0.2) is 30.6 Å². The number of H-pyrrole nitrogens is 1. The summed E-state index contributed by atoms with van der Waals surface area (Å²) in [6.45, 7) is 0.712. The third-order valence-electron chi connectivity index (χ3n) is 6.85. The highest BCUT2D eigenvalue weighted by Gasteiger charge is 2.49. The fourth-order valence-corrected chi connectivity index (χ4v) is 6.02. The highest BCUT2D eigenvalue weighted by Crippen LogP contribution is 2.52. The van der Waals surface area contributed by atoms with E-state index in [2.05, 4.69) is 40.8 Å². The van der Waals surface area contributed by atoms with E-state index in [1.165, 1.54) is 22.9 Å². The number of nitrogens with one attached hydrogen (secondary N) is 1. The zero-order valence-corrected chi connectivity index (χ0v) is 16.7. The van der Waals surface area contributed by atoms with Crippen molar-refractivity contribution in [3.05, 3.63) is 57.7 Å². The van der Waals surface area contributed by atoms with Gasteiger partial charge in [0.05, 0.1) is 12.3 Å². The summed E-state index contributed by atoms with van der Waals surface area (Å²) in [4.78, 5) is 5.97. The first-order valence-corrected chi connectivity index (χ1v) is 10.6. The van der Waals surface area contributed by atoms with Crippen molar-refractivity contribution in [2.24, 2.45) is 0 Å². The SMILES string of the molecule is CN(C)C1(c2ccsc2)CCC2(CC1)OCCc1c2[nH]c2ccc(F)cc12. The molecular weight excluding hydrogens is 359 g/mol. The topological polar surface area (TPSA) is 28.3 Å². The van der Waals surface area contributed by atoms with Crippen molar-refractivity contribution >= 4 is 22.2 Å². The Morgan fingerprint density at radius 1 is 1.15 bits per heavy atom. The number of halogens is 1. The van der Waals surface area contributed by atoms with E-state index >= 15 is 0 Å². The Morgan fingerprint density at radius 3 is 2.67 bits per heavy atom. The van der Waals surface area contributed by atoms with E-state index in [4.69, 9.17) is 4.74 Å². The van der Waals surface area contributed by atoms with Crippen LogP contribution >= 0.6 is 11.3 Å². The Balaban J connectivity index is 1.54. The fraction of sp³-hybridized carbons (Fsp3) is 0.455. The van der Waals surface area contributed by atoms with Crippen LogP contribution < -0.4 is 0 Å². The predicted molar refractivity (Wildman–Crippen MR) is 108 cm³/mol. The Hall–Kier alpha value is -1.69. The quantitative estimate of drug-likeness (QED) is 0.660. The molecule has 1 spiro atoms. The van der Waals surface area contributed by atoms with Gasteiger partial charge in [-0.1, -0.05) is 0 Å². The summed E-state index contributed by atoms with van der Waals surface area (Å²) in [6.07, 6.45) is 4.91. The van der Waals surface area contributed by atoms with Crippen molar-refractivity contribution < 1.29 is 9.13 Å². The molecule has 5 heteroatoms. The molecule has 0 saturated heterocycles. The molecule has 1 aliphatic carbocycles. The second-order valence-corrected chi connectivity index (χ2v) is 8.98. The minimum absolute atomic E-state index is 0.0738. The maximum atomic E-state index is 13.8. The van der Waals surface area contributed by atoms with E-state index in [-0.39, 0.29) is 17.0 Å². The van der Waals surface area contributed by atoms with Gasteiger partial charge in [0, 0.05) is 16.4 Å². The maximum absolute atomic E-state index is 13.8. The first-order valence-electron chi connectivity index (χ1n) is 9.69. The monoisotopic (exact) mass is 384 g/mol. The van der Waals surface area contributed by atoms with Gasteiger partial charge < -0.3 is 9.72 Å². The van der Waals surface area contributed by atoms with Crippen LogP contribution in [0.5, 0.6) is 0 Å². The average Bonchev–Trinajstić information content (AvgIpc) is 3.32. The number of aromatic nitrogens is 1. The summed E-state index contributed by atoms with van der Waals surface area (Å²) in [5, 5.41) is 5.48. The van der Waals surface area contributed by atoms with Gasteiger partial charge in [-0.3, -0.25) is 4.90 Å². The van der Waals surface area contributed by atoms with Crippen LogP contribution in [0.1, 0.15) is 42.5 Å². The molecule has 1 aromatic carbocycles. The highest BCUT2D eigenvalue weighted by atomic mass is 32.1. The van der Waals surface area contributed by atoms with Gasteiger partial charge in [0.15, 0.2) is 0 Å². The molecule has 3 nitrogen and oxygen atoms in total. The molecule has 1 N–H and O–H groups in total. The van der Waals surface area contributed by atoms with Crippen molar-refractivity contribution in [2.75, 3.05) is 20.7 Å². The summed E-state index contributed by atoms with van der Waals surface area (Å²) in [7, 11) is 4.38.